The number of rotatable bonds is 6. The van der Waals surface area contributed by atoms with E-state index in [0.29, 0.717) is 17.4 Å². The van der Waals surface area contributed by atoms with Crippen LogP contribution < -0.4 is 0 Å². The monoisotopic (exact) mass is 253 g/mol. The number of hydrogen-bond donors (Lipinski definition) is 0. The molecule has 1 aliphatic heterocycles. The maximum absolute atomic E-state index is 12.1. The normalized spacial score (nSPS) is 19.4. The zero-order valence-electron chi connectivity index (χ0n) is 13.2. The number of likely N-dealkylation sites (tertiary alicyclic amines) is 1. The summed E-state index contributed by atoms with van der Waals surface area (Å²) in [6.07, 6.45) is 5.22. The first-order valence-electron chi connectivity index (χ1n) is 7.53. The predicted molar refractivity (Wildman–Crippen MR) is 77.5 cm³/mol. The lowest BCUT2D eigenvalue weighted by Crippen LogP contribution is -2.47. The van der Waals surface area contributed by atoms with Gasteiger partial charge in [0, 0.05) is 19.0 Å². The van der Waals surface area contributed by atoms with E-state index in [9.17, 15) is 4.79 Å². The van der Waals surface area contributed by atoms with Crippen molar-refractivity contribution in [1.82, 2.24) is 4.90 Å². The second kappa shape index (κ2) is 5.63. The van der Waals surface area contributed by atoms with Crippen LogP contribution in [-0.2, 0) is 4.79 Å². The molecule has 0 aromatic heterocycles. The van der Waals surface area contributed by atoms with Gasteiger partial charge in [-0.15, -0.1) is 0 Å². The lowest BCUT2D eigenvalue weighted by Gasteiger charge is -2.44. The fourth-order valence-corrected chi connectivity index (χ4v) is 2.71. The Balaban J connectivity index is 2.92. The molecule has 0 N–H and O–H groups in total. The zero-order chi connectivity index (χ0) is 14.0. The molecule has 0 bridgehead atoms. The van der Waals surface area contributed by atoms with E-state index in [1.165, 1.54) is 6.42 Å². The molecule has 0 spiro atoms. The number of hydrogen-bond acceptors (Lipinski definition) is 1. The number of carbonyl (C=O) groups excluding carboxylic acids is 1. The smallest absolute Gasteiger partial charge is 0.222 e. The standard InChI is InChI=1S/C16H31NO/c1-7-15(3,4)12-13(16(5,6)8-2)17-11-9-10-14(17)18/h13H,7-12H2,1-6H3. The minimum Gasteiger partial charge on any atom is -0.339 e. The molecule has 106 valence electrons. The summed E-state index contributed by atoms with van der Waals surface area (Å²) in [5, 5.41) is 0. The highest BCUT2D eigenvalue weighted by molar-refractivity contribution is 5.78. The summed E-state index contributed by atoms with van der Waals surface area (Å²) < 4.78 is 0. The average molecular weight is 253 g/mol. The van der Waals surface area contributed by atoms with Gasteiger partial charge in [-0.3, -0.25) is 4.79 Å². The lowest BCUT2D eigenvalue weighted by atomic mass is 9.72. The van der Waals surface area contributed by atoms with Crippen molar-refractivity contribution < 1.29 is 4.79 Å². The molecule has 0 aromatic rings. The Morgan fingerprint density at radius 2 is 1.78 bits per heavy atom. The lowest BCUT2D eigenvalue weighted by molar-refractivity contribution is -0.133. The number of nitrogens with zero attached hydrogens (tertiary/aromatic N) is 1. The van der Waals surface area contributed by atoms with E-state index in [2.05, 4.69) is 46.4 Å². The Bertz CT molecular complexity index is 293. The Hall–Kier alpha value is -0.530. The van der Waals surface area contributed by atoms with Crippen LogP contribution in [0.4, 0.5) is 0 Å². The van der Waals surface area contributed by atoms with E-state index in [4.69, 9.17) is 0 Å². The Labute approximate surface area is 113 Å². The van der Waals surface area contributed by atoms with Gasteiger partial charge < -0.3 is 4.90 Å². The molecule has 1 heterocycles. The minimum absolute atomic E-state index is 0.215. The van der Waals surface area contributed by atoms with Gasteiger partial charge in [-0.2, -0.15) is 0 Å². The summed E-state index contributed by atoms with van der Waals surface area (Å²) >= 11 is 0. The summed E-state index contributed by atoms with van der Waals surface area (Å²) in [5.74, 6) is 0.369. The highest BCUT2D eigenvalue weighted by Crippen LogP contribution is 2.39. The third kappa shape index (κ3) is 3.49. The zero-order valence-corrected chi connectivity index (χ0v) is 13.2. The molecule has 2 nitrogen and oxygen atoms in total. The fourth-order valence-electron chi connectivity index (χ4n) is 2.71. The average Bonchev–Trinajstić information content (AvgIpc) is 2.72. The van der Waals surface area contributed by atoms with Gasteiger partial charge in [0.2, 0.25) is 5.91 Å². The molecule has 1 atom stereocenters. The summed E-state index contributed by atoms with van der Waals surface area (Å²) in [4.78, 5) is 14.2. The second-order valence-corrected chi connectivity index (χ2v) is 7.27. The molecule has 1 rings (SSSR count). The molecule has 2 heteroatoms. The van der Waals surface area contributed by atoms with Gasteiger partial charge in [0.25, 0.3) is 0 Å². The molecule has 1 aliphatic rings. The van der Waals surface area contributed by atoms with Crippen molar-refractivity contribution in [2.75, 3.05) is 6.54 Å². The number of carbonyl (C=O) groups is 1. The van der Waals surface area contributed by atoms with Crippen LogP contribution in [0.2, 0.25) is 0 Å². The third-order valence-electron chi connectivity index (χ3n) is 5.00. The van der Waals surface area contributed by atoms with Crippen LogP contribution in [-0.4, -0.2) is 23.4 Å². The van der Waals surface area contributed by atoms with Crippen molar-refractivity contribution in [3.63, 3.8) is 0 Å². The molecule has 1 saturated heterocycles. The van der Waals surface area contributed by atoms with Crippen LogP contribution in [0.5, 0.6) is 0 Å². The van der Waals surface area contributed by atoms with Crippen LogP contribution >= 0.6 is 0 Å². The Kier molecular flexibility index (Phi) is 4.85. The van der Waals surface area contributed by atoms with Gasteiger partial charge in [0.15, 0.2) is 0 Å². The van der Waals surface area contributed by atoms with E-state index in [1.54, 1.807) is 0 Å². The molecular formula is C16H31NO. The first kappa shape index (κ1) is 15.5. The Morgan fingerprint density at radius 3 is 2.17 bits per heavy atom. The SMILES string of the molecule is CCC(C)(C)CC(N1CCCC1=O)C(C)(C)CC. The van der Waals surface area contributed by atoms with Gasteiger partial charge in [-0.25, -0.2) is 0 Å². The molecule has 1 fully saturated rings. The molecule has 0 saturated carbocycles. The summed E-state index contributed by atoms with van der Waals surface area (Å²) in [7, 11) is 0. The Morgan fingerprint density at radius 1 is 1.17 bits per heavy atom. The maximum atomic E-state index is 12.1. The van der Waals surface area contributed by atoms with Gasteiger partial charge in [-0.05, 0) is 30.1 Å². The largest absolute Gasteiger partial charge is 0.339 e. The predicted octanol–water partition coefficient (Wildman–Crippen LogP) is 4.24. The molecule has 18 heavy (non-hydrogen) atoms. The molecule has 0 aromatic carbocycles. The minimum atomic E-state index is 0.215. The second-order valence-electron chi connectivity index (χ2n) is 7.27. The van der Waals surface area contributed by atoms with Crippen molar-refractivity contribution in [3.05, 3.63) is 0 Å². The van der Waals surface area contributed by atoms with E-state index in [0.717, 1.165) is 32.2 Å². The highest BCUT2D eigenvalue weighted by Gasteiger charge is 2.39. The molecule has 0 aliphatic carbocycles. The van der Waals surface area contributed by atoms with E-state index < -0.39 is 0 Å². The molecule has 0 radical (unpaired) electrons. The van der Waals surface area contributed by atoms with Crippen molar-refractivity contribution in [2.24, 2.45) is 10.8 Å². The first-order valence-corrected chi connectivity index (χ1v) is 7.53. The quantitative estimate of drug-likeness (QED) is 0.693. The highest BCUT2D eigenvalue weighted by atomic mass is 16.2. The van der Waals surface area contributed by atoms with Crippen LogP contribution in [0.15, 0.2) is 0 Å². The van der Waals surface area contributed by atoms with Crippen molar-refractivity contribution in [1.29, 1.82) is 0 Å². The van der Waals surface area contributed by atoms with Crippen LogP contribution in [0.3, 0.4) is 0 Å². The molecular weight excluding hydrogens is 222 g/mol. The van der Waals surface area contributed by atoms with Crippen molar-refractivity contribution in [2.45, 2.75) is 79.7 Å². The van der Waals surface area contributed by atoms with Gasteiger partial charge in [-0.1, -0.05) is 48.0 Å². The molecule has 1 unspecified atom stereocenters. The van der Waals surface area contributed by atoms with E-state index in [-0.39, 0.29) is 5.41 Å². The topological polar surface area (TPSA) is 20.3 Å². The van der Waals surface area contributed by atoms with Crippen LogP contribution in [0.1, 0.15) is 73.6 Å². The van der Waals surface area contributed by atoms with Gasteiger partial charge >= 0.3 is 0 Å². The van der Waals surface area contributed by atoms with E-state index in [1.807, 2.05) is 0 Å². The van der Waals surface area contributed by atoms with Crippen LogP contribution in [0.25, 0.3) is 0 Å². The van der Waals surface area contributed by atoms with Gasteiger partial charge in [0.05, 0.1) is 0 Å². The van der Waals surface area contributed by atoms with Crippen LogP contribution in [0, 0.1) is 10.8 Å². The van der Waals surface area contributed by atoms with Gasteiger partial charge in [0.1, 0.15) is 0 Å². The molecule has 1 amide bonds. The summed E-state index contributed by atoms with van der Waals surface area (Å²) in [6, 6.07) is 0.396. The number of amides is 1. The summed E-state index contributed by atoms with van der Waals surface area (Å²) in [5.41, 5.74) is 0.534. The van der Waals surface area contributed by atoms with Crippen molar-refractivity contribution >= 4 is 5.91 Å². The van der Waals surface area contributed by atoms with Crippen molar-refractivity contribution in [3.8, 4) is 0 Å². The third-order valence-corrected chi connectivity index (χ3v) is 5.00. The summed E-state index contributed by atoms with van der Waals surface area (Å²) in [6.45, 7) is 14.7. The first-order chi connectivity index (χ1) is 8.23. The van der Waals surface area contributed by atoms with E-state index >= 15 is 0 Å². The maximum Gasteiger partial charge on any atom is 0.222 e. The fraction of sp³-hybridized carbons (Fsp3) is 0.938.